The number of phenols is 1. The van der Waals surface area contributed by atoms with Crippen molar-refractivity contribution in [2.45, 2.75) is 6.92 Å². The molecule has 0 amide bonds. The largest absolute Gasteiger partial charge is 0.504 e. The normalized spacial score (nSPS) is 10.8. The van der Waals surface area contributed by atoms with E-state index in [0.717, 1.165) is 0 Å². The summed E-state index contributed by atoms with van der Waals surface area (Å²) in [6, 6.07) is 7.48. The van der Waals surface area contributed by atoms with Crippen LogP contribution in [0.5, 0.6) is 11.5 Å². The van der Waals surface area contributed by atoms with Crippen molar-refractivity contribution >= 4 is 49.4 Å². The minimum Gasteiger partial charge on any atom is -0.504 e. The van der Waals surface area contributed by atoms with E-state index in [-0.39, 0.29) is 11.4 Å². The lowest BCUT2D eigenvalue weighted by Gasteiger charge is -2.11. The van der Waals surface area contributed by atoms with Gasteiger partial charge in [0, 0.05) is 21.1 Å². The van der Waals surface area contributed by atoms with Crippen LogP contribution in [0, 0.1) is 10.1 Å². The first-order valence-electron chi connectivity index (χ1n) is 6.81. The molecule has 0 saturated heterocycles. The van der Waals surface area contributed by atoms with Gasteiger partial charge in [0.15, 0.2) is 11.5 Å². The highest BCUT2D eigenvalue weighted by molar-refractivity contribution is 9.13. The number of anilines is 1. The average molecular weight is 459 g/mol. The van der Waals surface area contributed by atoms with Gasteiger partial charge in [-0.05, 0) is 57.0 Å². The molecule has 0 bridgehead atoms. The number of hydrogen-bond donors (Lipinski definition) is 2. The predicted molar refractivity (Wildman–Crippen MR) is 99.0 cm³/mol. The lowest BCUT2D eigenvalue weighted by Crippen LogP contribution is -1.97. The molecule has 2 N–H and O–H groups in total. The van der Waals surface area contributed by atoms with E-state index in [1.807, 2.05) is 6.92 Å². The molecule has 0 unspecified atom stereocenters. The molecule has 0 aliphatic carbocycles. The molecule has 126 valence electrons. The number of benzene rings is 2. The van der Waals surface area contributed by atoms with Crippen LogP contribution in [0.25, 0.3) is 0 Å². The number of nitro benzene ring substituents is 1. The summed E-state index contributed by atoms with van der Waals surface area (Å²) < 4.78 is 6.70. The van der Waals surface area contributed by atoms with Crippen molar-refractivity contribution in [3.8, 4) is 11.5 Å². The van der Waals surface area contributed by atoms with Gasteiger partial charge in [-0.15, -0.1) is 0 Å². The van der Waals surface area contributed by atoms with Crippen LogP contribution >= 0.6 is 31.9 Å². The van der Waals surface area contributed by atoms with Crippen LogP contribution in [0.4, 0.5) is 11.4 Å². The van der Waals surface area contributed by atoms with E-state index in [1.165, 1.54) is 30.5 Å². The second kappa shape index (κ2) is 8.11. The van der Waals surface area contributed by atoms with Crippen LogP contribution in [-0.4, -0.2) is 22.9 Å². The van der Waals surface area contributed by atoms with Crippen molar-refractivity contribution < 1.29 is 14.8 Å². The summed E-state index contributed by atoms with van der Waals surface area (Å²) in [6.45, 7) is 2.23. The highest BCUT2D eigenvalue weighted by Gasteiger charge is 2.14. The van der Waals surface area contributed by atoms with Gasteiger partial charge in [-0.25, -0.2) is 0 Å². The Kier molecular flexibility index (Phi) is 6.16. The van der Waals surface area contributed by atoms with Crippen LogP contribution in [0.2, 0.25) is 0 Å². The highest BCUT2D eigenvalue weighted by atomic mass is 79.9. The number of aromatic hydroxyl groups is 1. The number of halogens is 2. The zero-order valence-corrected chi connectivity index (χ0v) is 15.7. The minimum absolute atomic E-state index is 0.00161. The maximum atomic E-state index is 10.6. The van der Waals surface area contributed by atoms with E-state index >= 15 is 0 Å². The zero-order chi connectivity index (χ0) is 17.7. The zero-order valence-electron chi connectivity index (χ0n) is 12.5. The summed E-state index contributed by atoms with van der Waals surface area (Å²) in [5, 5.41) is 24.9. The van der Waals surface area contributed by atoms with Gasteiger partial charge in [0.25, 0.3) is 5.69 Å². The van der Waals surface area contributed by atoms with Crippen molar-refractivity contribution in [2.75, 3.05) is 12.0 Å². The molecule has 2 aromatic carbocycles. The molecule has 0 atom stereocenters. The number of non-ortho nitro benzene ring substituents is 1. The lowest BCUT2D eigenvalue weighted by molar-refractivity contribution is -0.384. The summed E-state index contributed by atoms with van der Waals surface area (Å²) in [4.78, 5) is 10.1. The monoisotopic (exact) mass is 457 g/mol. The fourth-order valence-corrected chi connectivity index (χ4v) is 2.65. The molecule has 2 rings (SSSR count). The molecule has 0 radical (unpaired) electrons. The molecule has 0 saturated carbocycles. The number of ether oxygens (including phenoxy) is 1. The van der Waals surface area contributed by atoms with Gasteiger partial charge in [0.2, 0.25) is 0 Å². The van der Waals surface area contributed by atoms with E-state index in [4.69, 9.17) is 4.74 Å². The van der Waals surface area contributed by atoms with Crippen molar-refractivity contribution in [1.29, 1.82) is 0 Å². The Bertz CT molecular complexity index is 779. The molecule has 0 aliphatic rings. The lowest BCUT2D eigenvalue weighted by atomic mass is 10.2. The Labute approximate surface area is 154 Å². The Balaban J connectivity index is 2.20. The molecule has 0 heterocycles. The van der Waals surface area contributed by atoms with E-state index in [9.17, 15) is 15.2 Å². The summed E-state index contributed by atoms with van der Waals surface area (Å²) in [5.41, 5.74) is 3.75. The Morgan fingerprint density at radius 3 is 2.62 bits per heavy atom. The highest BCUT2D eigenvalue weighted by Crippen LogP contribution is 2.39. The molecule has 7 nitrogen and oxygen atoms in total. The number of nitro groups is 1. The van der Waals surface area contributed by atoms with Gasteiger partial charge in [-0.1, -0.05) is 0 Å². The van der Waals surface area contributed by atoms with Crippen molar-refractivity contribution in [3.63, 3.8) is 0 Å². The van der Waals surface area contributed by atoms with Crippen molar-refractivity contribution in [2.24, 2.45) is 5.10 Å². The molecule has 0 spiro atoms. The van der Waals surface area contributed by atoms with Gasteiger partial charge >= 0.3 is 0 Å². The number of phenolic OH excluding ortho intramolecular Hbond substituents is 1. The standard InChI is InChI=1S/C15H13Br2N3O4/c1-2-24-13-7-12(16)14(17)11(15(13)21)8-18-19-9-3-5-10(6-4-9)20(22)23/h3-8,19,21H,2H2,1H3/b18-8+. The Hall–Kier alpha value is -2.13. The quantitative estimate of drug-likeness (QED) is 0.372. The topological polar surface area (TPSA) is 97.0 Å². The number of rotatable bonds is 6. The number of hydrazone groups is 1. The molecule has 0 aromatic heterocycles. The third-order valence-electron chi connectivity index (χ3n) is 2.96. The smallest absolute Gasteiger partial charge is 0.269 e. The average Bonchev–Trinajstić information content (AvgIpc) is 2.56. The fourth-order valence-electron chi connectivity index (χ4n) is 1.82. The van der Waals surface area contributed by atoms with E-state index < -0.39 is 4.92 Å². The van der Waals surface area contributed by atoms with Crippen molar-refractivity contribution in [3.05, 3.63) is 55.0 Å². The van der Waals surface area contributed by atoms with Crippen LogP contribution < -0.4 is 10.2 Å². The molecule has 0 aliphatic heterocycles. The second-order valence-corrected chi connectivity index (χ2v) is 6.19. The van der Waals surface area contributed by atoms with E-state index in [2.05, 4.69) is 42.4 Å². The summed E-state index contributed by atoms with van der Waals surface area (Å²) >= 11 is 6.75. The third kappa shape index (κ3) is 4.24. The van der Waals surface area contributed by atoms with Gasteiger partial charge < -0.3 is 9.84 Å². The SMILES string of the molecule is CCOc1cc(Br)c(Br)c(/C=N/Nc2ccc([N+](=O)[O-])cc2)c1O. The molecule has 9 heteroatoms. The fraction of sp³-hybridized carbons (Fsp3) is 0.133. The van der Waals surface area contributed by atoms with Gasteiger partial charge in [0.1, 0.15) is 0 Å². The molecular formula is C15H13Br2N3O4. The first kappa shape index (κ1) is 18.2. The first-order valence-corrected chi connectivity index (χ1v) is 8.40. The van der Waals surface area contributed by atoms with Crippen LogP contribution in [0.3, 0.4) is 0 Å². The van der Waals surface area contributed by atoms with Crippen LogP contribution in [0.15, 0.2) is 44.4 Å². The summed E-state index contributed by atoms with van der Waals surface area (Å²) in [5.74, 6) is 0.297. The van der Waals surface area contributed by atoms with Crippen LogP contribution in [-0.2, 0) is 0 Å². The van der Waals surface area contributed by atoms with Crippen molar-refractivity contribution in [1.82, 2.24) is 0 Å². The molecule has 0 fully saturated rings. The minimum atomic E-state index is -0.473. The number of nitrogens with zero attached hydrogens (tertiary/aromatic N) is 2. The Morgan fingerprint density at radius 1 is 1.38 bits per heavy atom. The van der Waals surface area contributed by atoms with Gasteiger partial charge in [-0.3, -0.25) is 15.5 Å². The summed E-state index contributed by atoms with van der Waals surface area (Å²) in [6.07, 6.45) is 1.42. The van der Waals surface area contributed by atoms with Gasteiger partial charge in [-0.2, -0.15) is 5.10 Å². The van der Waals surface area contributed by atoms with Crippen LogP contribution in [0.1, 0.15) is 12.5 Å². The second-order valence-electron chi connectivity index (χ2n) is 4.54. The van der Waals surface area contributed by atoms with E-state index in [0.29, 0.717) is 32.6 Å². The number of hydrogen-bond acceptors (Lipinski definition) is 6. The van der Waals surface area contributed by atoms with Gasteiger partial charge in [0.05, 0.1) is 29.0 Å². The predicted octanol–water partition coefficient (Wildman–Crippen LogP) is 4.67. The summed E-state index contributed by atoms with van der Waals surface area (Å²) in [7, 11) is 0. The maximum absolute atomic E-state index is 10.6. The molecule has 2 aromatic rings. The molecule has 24 heavy (non-hydrogen) atoms. The van der Waals surface area contributed by atoms with E-state index in [1.54, 1.807) is 6.07 Å². The Morgan fingerprint density at radius 2 is 2.04 bits per heavy atom. The molecular weight excluding hydrogens is 446 g/mol. The maximum Gasteiger partial charge on any atom is 0.269 e. The third-order valence-corrected chi connectivity index (χ3v) is 4.97. The first-order chi connectivity index (χ1) is 11.4. The number of nitrogens with one attached hydrogen (secondary N) is 1.